The molecule has 0 spiro atoms. The maximum absolute atomic E-state index is 9.38. The first-order valence-corrected chi connectivity index (χ1v) is 9.76. The molecule has 4 nitrogen and oxygen atoms in total. The Bertz CT molecular complexity index is 1050. The van der Waals surface area contributed by atoms with Crippen molar-refractivity contribution in [3.63, 3.8) is 0 Å². The van der Waals surface area contributed by atoms with Gasteiger partial charge in [-0.15, -0.1) is 0 Å². The van der Waals surface area contributed by atoms with Crippen LogP contribution in [0.15, 0.2) is 24.3 Å². The van der Waals surface area contributed by atoms with Crippen LogP contribution < -0.4 is 4.74 Å². The van der Waals surface area contributed by atoms with Gasteiger partial charge in [0.05, 0.1) is 21.1 Å². The minimum absolute atomic E-state index is 0.224. The van der Waals surface area contributed by atoms with Gasteiger partial charge in [0.2, 0.25) is 0 Å². The number of nitrogens with zero attached hydrogens (tertiary/aromatic N) is 3. The molecule has 2 aromatic carbocycles. The number of fused-ring (bicyclic) bond motifs is 1. The summed E-state index contributed by atoms with van der Waals surface area (Å²) in [6.45, 7) is 4.32. The van der Waals surface area contributed by atoms with Gasteiger partial charge in [-0.25, -0.2) is 0 Å². The van der Waals surface area contributed by atoms with Crippen molar-refractivity contribution in [1.29, 1.82) is 5.26 Å². The molecule has 7 heteroatoms. The van der Waals surface area contributed by atoms with E-state index in [-0.39, 0.29) is 16.3 Å². The van der Waals surface area contributed by atoms with Crippen molar-refractivity contribution >= 4 is 45.8 Å². The zero-order valence-electron chi connectivity index (χ0n) is 15.2. The monoisotopic (exact) mass is 421 g/mol. The molecule has 0 atom stereocenters. The predicted octanol–water partition coefficient (Wildman–Crippen LogP) is 7.10. The van der Waals surface area contributed by atoms with Crippen LogP contribution in [0, 0.1) is 11.3 Å². The minimum Gasteiger partial charge on any atom is -0.422 e. The third-order valence-electron chi connectivity index (χ3n) is 4.71. The fraction of sp³-hybridized carbons (Fsp3) is 0.300. The molecule has 0 fully saturated rings. The van der Waals surface area contributed by atoms with E-state index in [1.807, 2.05) is 23.7 Å². The lowest BCUT2D eigenvalue weighted by molar-refractivity contribution is 0.426. The van der Waals surface area contributed by atoms with Crippen molar-refractivity contribution in [2.24, 2.45) is 7.05 Å². The number of halogens is 3. The average Bonchev–Trinajstić information content (AvgIpc) is 2.97. The summed E-state index contributed by atoms with van der Waals surface area (Å²) in [5, 5.41) is 10.5. The Labute approximate surface area is 173 Å². The highest BCUT2D eigenvalue weighted by atomic mass is 35.5. The van der Waals surface area contributed by atoms with Gasteiger partial charge in [-0.1, -0.05) is 54.7 Å². The van der Waals surface area contributed by atoms with Gasteiger partial charge in [0.15, 0.2) is 5.75 Å². The third kappa shape index (κ3) is 3.60. The molecule has 3 aromatic rings. The smallest absolute Gasteiger partial charge is 0.302 e. The molecule has 0 radical (unpaired) electrons. The van der Waals surface area contributed by atoms with Gasteiger partial charge < -0.3 is 4.74 Å². The van der Waals surface area contributed by atoms with Crippen LogP contribution in [-0.2, 0) is 7.05 Å². The largest absolute Gasteiger partial charge is 0.422 e. The van der Waals surface area contributed by atoms with Gasteiger partial charge >= 0.3 is 6.01 Å². The van der Waals surface area contributed by atoms with E-state index in [9.17, 15) is 5.26 Å². The molecule has 3 rings (SSSR count). The molecule has 0 aliphatic carbocycles. The summed E-state index contributed by atoms with van der Waals surface area (Å²) in [5.74, 6) is 0.615. The summed E-state index contributed by atoms with van der Waals surface area (Å²) in [4.78, 5) is 4.57. The van der Waals surface area contributed by atoms with Gasteiger partial charge in [-0.05, 0) is 42.5 Å². The first kappa shape index (κ1) is 19.8. The van der Waals surface area contributed by atoms with Crippen molar-refractivity contribution in [3.8, 4) is 17.8 Å². The standard InChI is InChI=1S/C20H18Cl3N3O/c1-4-11(5-2)14-6-7-15(22)17-18(14)26(3)20(25-17)27-19-12(10-24)8-13(21)9-16(19)23/h6-9,11H,4-5H2,1-3H3. The normalized spacial score (nSPS) is 11.2. The van der Waals surface area contributed by atoms with E-state index < -0.39 is 0 Å². The Morgan fingerprint density at radius 1 is 1.15 bits per heavy atom. The highest BCUT2D eigenvalue weighted by Crippen LogP contribution is 2.39. The topological polar surface area (TPSA) is 50.8 Å². The molecule has 0 amide bonds. The Hall–Kier alpha value is -1.93. The molecular weight excluding hydrogens is 405 g/mol. The Morgan fingerprint density at radius 2 is 1.85 bits per heavy atom. The first-order valence-electron chi connectivity index (χ1n) is 8.63. The second-order valence-electron chi connectivity index (χ2n) is 6.28. The second-order valence-corrected chi connectivity index (χ2v) is 7.53. The zero-order chi connectivity index (χ0) is 19.7. The summed E-state index contributed by atoms with van der Waals surface area (Å²) in [6, 6.07) is 9.32. The van der Waals surface area contributed by atoms with Crippen LogP contribution in [0.5, 0.6) is 11.8 Å². The summed E-state index contributed by atoms with van der Waals surface area (Å²) in [5.41, 5.74) is 3.01. The number of imidazole rings is 1. The average molecular weight is 423 g/mol. The Balaban J connectivity index is 2.18. The molecule has 0 aliphatic heterocycles. The van der Waals surface area contributed by atoms with Gasteiger partial charge in [0.1, 0.15) is 11.6 Å². The van der Waals surface area contributed by atoms with Gasteiger partial charge in [-0.2, -0.15) is 10.2 Å². The highest BCUT2D eigenvalue weighted by Gasteiger charge is 2.21. The summed E-state index contributed by atoms with van der Waals surface area (Å²) in [7, 11) is 1.86. The van der Waals surface area contributed by atoms with Crippen LogP contribution in [-0.4, -0.2) is 9.55 Å². The van der Waals surface area contributed by atoms with E-state index in [1.165, 1.54) is 17.7 Å². The number of rotatable bonds is 5. The quantitative estimate of drug-likeness (QED) is 0.440. The van der Waals surface area contributed by atoms with Crippen LogP contribution in [0.3, 0.4) is 0 Å². The molecule has 0 aliphatic rings. The number of benzene rings is 2. The molecule has 0 N–H and O–H groups in total. The van der Waals surface area contributed by atoms with Crippen LogP contribution in [0.1, 0.15) is 43.7 Å². The number of hydrogen-bond donors (Lipinski definition) is 0. The summed E-state index contributed by atoms with van der Waals surface area (Å²) in [6.07, 6.45) is 2.02. The summed E-state index contributed by atoms with van der Waals surface area (Å²) >= 11 is 18.6. The van der Waals surface area contributed by atoms with Crippen molar-refractivity contribution in [2.75, 3.05) is 0 Å². The lowest BCUT2D eigenvalue weighted by Gasteiger charge is -2.15. The maximum Gasteiger partial charge on any atom is 0.302 e. The van der Waals surface area contributed by atoms with E-state index in [0.29, 0.717) is 27.5 Å². The number of hydrogen-bond acceptors (Lipinski definition) is 3. The minimum atomic E-state index is 0.224. The molecule has 0 unspecified atom stereocenters. The van der Waals surface area contributed by atoms with E-state index in [4.69, 9.17) is 39.5 Å². The molecule has 1 heterocycles. The zero-order valence-corrected chi connectivity index (χ0v) is 17.5. The van der Waals surface area contributed by atoms with Crippen LogP contribution in [0.2, 0.25) is 15.1 Å². The summed E-state index contributed by atoms with van der Waals surface area (Å²) < 4.78 is 7.79. The molecule has 140 valence electrons. The van der Waals surface area contributed by atoms with Crippen molar-refractivity contribution in [2.45, 2.75) is 32.6 Å². The van der Waals surface area contributed by atoms with Crippen LogP contribution in [0.4, 0.5) is 0 Å². The molecule has 27 heavy (non-hydrogen) atoms. The van der Waals surface area contributed by atoms with Crippen molar-refractivity contribution in [1.82, 2.24) is 9.55 Å². The van der Waals surface area contributed by atoms with E-state index in [2.05, 4.69) is 24.9 Å². The number of aromatic nitrogens is 2. The van der Waals surface area contributed by atoms with Gasteiger partial charge in [-0.3, -0.25) is 4.57 Å². The van der Waals surface area contributed by atoms with Crippen molar-refractivity contribution in [3.05, 3.63) is 50.5 Å². The lowest BCUT2D eigenvalue weighted by atomic mass is 9.93. The fourth-order valence-electron chi connectivity index (χ4n) is 3.28. The Morgan fingerprint density at radius 3 is 2.48 bits per heavy atom. The van der Waals surface area contributed by atoms with Crippen LogP contribution >= 0.6 is 34.8 Å². The van der Waals surface area contributed by atoms with Crippen LogP contribution in [0.25, 0.3) is 11.0 Å². The van der Waals surface area contributed by atoms with E-state index in [1.54, 1.807) is 0 Å². The van der Waals surface area contributed by atoms with Gasteiger partial charge in [0, 0.05) is 12.1 Å². The molecule has 0 bridgehead atoms. The molecule has 1 aromatic heterocycles. The first-order chi connectivity index (χ1) is 12.9. The Kier molecular flexibility index (Phi) is 5.86. The van der Waals surface area contributed by atoms with E-state index >= 15 is 0 Å². The molecule has 0 saturated carbocycles. The van der Waals surface area contributed by atoms with E-state index in [0.717, 1.165) is 18.4 Å². The SMILES string of the molecule is CCC(CC)c1ccc(Cl)c2nc(Oc3c(Cl)cc(Cl)cc3C#N)n(C)c12. The molecule has 0 saturated heterocycles. The number of nitriles is 1. The number of aryl methyl sites for hydroxylation is 1. The van der Waals surface area contributed by atoms with Gasteiger partial charge in [0.25, 0.3) is 0 Å². The number of ether oxygens (including phenoxy) is 1. The fourth-order valence-corrected chi connectivity index (χ4v) is 4.01. The van der Waals surface area contributed by atoms with Crippen molar-refractivity contribution < 1.29 is 4.74 Å². The lowest BCUT2D eigenvalue weighted by Crippen LogP contribution is -2.01. The highest BCUT2D eigenvalue weighted by molar-refractivity contribution is 6.36. The maximum atomic E-state index is 9.38. The molecular formula is C20H18Cl3N3O. The second kappa shape index (κ2) is 7.98. The predicted molar refractivity (Wildman–Crippen MR) is 110 cm³/mol. The third-order valence-corrected chi connectivity index (χ3v) is 5.51.